The number of rotatable bonds is 0. The van der Waals surface area contributed by atoms with Gasteiger partial charge in [0.25, 0.3) is 0 Å². The minimum absolute atomic E-state index is 0. The van der Waals surface area contributed by atoms with Crippen LogP contribution >= 0.6 is 0 Å². The average molecular weight is 164 g/mol. The molecule has 40 valence electrons. The van der Waals surface area contributed by atoms with E-state index in [1.54, 1.807) is 0 Å². The van der Waals surface area contributed by atoms with Crippen LogP contribution < -0.4 is 0 Å². The fraction of sp³-hybridized carbons (Fsp3) is 1.00. The maximum absolute atomic E-state index is 1.50. The van der Waals surface area contributed by atoms with Crippen LogP contribution in [0.2, 0.25) is 0 Å². The van der Waals surface area contributed by atoms with Crippen molar-refractivity contribution in [3.63, 3.8) is 0 Å². The van der Waals surface area contributed by atoms with Crippen molar-refractivity contribution in [2.75, 3.05) is 0 Å². The van der Waals surface area contributed by atoms with E-state index in [-0.39, 0.29) is 103 Å². The van der Waals surface area contributed by atoms with Crippen molar-refractivity contribution in [2.24, 2.45) is 0 Å². The molecule has 0 bridgehead atoms. The molecule has 0 radical (unpaired) electrons. The molecule has 1 aliphatic carbocycles. The molecule has 0 unspecified atom stereocenters. The number of hydrogen-bond donors (Lipinski definition) is 0. The molecule has 0 aromatic heterocycles. The van der Waals surface area contributed by atoms with Gasteiger partial charge in [-0.2, -0.15) is 0 Å². The van der Waals surface area contributed by atoms with Crippen LogP contribution in [0.5, 0.6) is 0 Å². The zero-order chi connectivity index (χ0) is 4.24. The average Bonchev–Trinajstić information content (AvgIpc) is 1.72. The van der Waals surface area contributed by atoms with Crippen molar-refractivity contribution in [1.29, 1.82) is 0 Å². The van der Waals surface area contributed by atoms with Gasteiger partial charge in [0.1, 0.15) is 0 Å². The van der Waals surface area contributed by atoms with E-state index in [9.17, 15) is 0 Å². The van der Waals surface area contributed by atoms with E-state index in [2.05, 4.69) is 0 Å². The fourth-order valence-corrected chi connectivity index (χ4v) is 1.06. The molecule has 1 aliphatic rings. The van der Waals surface area contributed by atoms with Crippen molar-refractivity contribution in [2.45, 2.75) is 38.5 Å². The summed E-state index contributed by atoms with van der Waals surface area (Å²) in [5, 5.41) is 0. The zero-order valence-corrected chi connectivity index (χ0v) is 4.24. The molecule has 1 rings (SSSR count). The van der Waals surface area contributed by atoms with Crippen LogP contribution in [0.25, 0.3) is 0 Å². The van der Waals surface area contributed by atoms with E-state index in [4.69, 9.17) is 0 Å². The predicted molar refractivity (Wildman–Crippen MR) is 42.0 cm³/mol. The second-order valence-electron chi connectivity index (χ2n) is 2.12. The van der Waals surface area contributed by atoms with Crippen molar-refractivity contribution in [3.05, 3.63) is 0 Å². The van der Waals surface area contributed by atoms with Crippen LogP contribution in [0.15, 0.2) is 0 Å². The first-order chi connectivity index (χ1) is 3.00. The van der Waals surface area contributed by atoms with Gasteiger partial charge < -0.3 is 0 Å². The summed E-state index contributed by atoms with van der Waals surface area (Å²) in [4.78, 5) is 0. The standard InChI is InChI=1S/C6H12.2K.2H/c1-2-4-6-5-3-1;;;;/h1-6H2;;;;. The predicted octanol–water partition coefficient (Wildman–Crippen LogP) is 1.04. The van der Waals surface area contributed by atoms with Gasteiger partial charge in [-0.1, -0.05) is 38.5 Å². The first-order valence-corrected chi connectivity index (χ1v) is 3.00. The van der Waals surface area contributed by atoms with Gasteiger partial charge in [0, 0.05) is 0 Å². The van der Waals surface area contributed by atoms with Gasteiger partial charge in [0.15, 0.2) is 0 Å². The topological polar surface area (TPSA) is 0 Å². The molecule has 0 aliphatic heterocycles. The molecule has 0 aromatic carbocycles. The molecule has 2 heteroatoms. The maximum atomic E-state index is 1.50. The molecule has 1 saturated carbocycles. The Labute approximate surface area is 137 Å². The van der Waals surface area contributed by atoms with Crippen LogP contribution in [-0.4, -0.2) is 103 Å². The van der Waals surface area contributed by atoms with Gasteiger partial charge in [-0.3, -0.25) is 0 Å². The van der Waals surface area contributed by atoms with Crippen LogP contribution in [-0.2, 0) is 0 Å². The Morgan fingerprint density at radius 1 is 0.375 bits per heavy atom. The van der Waals surface area contributed by atoms with Gasteiger partial charge in [-0.05, 0) is 0 Å². The first-order valence-electron chi connectivity index (χ1n) is 3.00. The zero-order valence-electron chi connectivity index (χ0n) is 4.24. The van der Waals surface area contributed by atoms with Crippen molar-refractivity contribution in [1.82, 2.24) is 0 Å². The molecule has 0 N–H and O–H groups in total. The molecule has 8 heavy (non-hydrogen) atoms. The van der Waals surface area contributed by atoms with Gasteiger partial charge in [-0.15, -0.1) is 0 Å². The van der Waals surface area contributed by atoms with Crippen LogP contribution in [0.4, 0.5) is 0 Å². The third-order valence-corrected chi connectivity index (χ3v) is 1.50. The molecular formula is C6H14K2. The summed E-state index contributed by atoms with van der Waals surface area (Å²) >= 11 is 0. The SMILES string of the molecule is C1CCCCC1.[KH].[KH]. The van der Waals surface area contributed by atoms with Crippen LogP contribution in [0, 0.1) is 0 Å². The van der Waals surface area contributed by atoms with Gasteiger partial charge >= 0.3 is 103 Å². The Morgan fingerprint density at radius 3 is 0.625 bits per heavy atom. The summed E-state index contributed by atoms with van der Waals surface area (Å²) in [6, 6.07) is 0. The number of hydrogen-bond acceptors (Lipinski definition) is 0. The monoisotopic (exact) mass is 164 g/mol. The molecule has 0 atom stereocenters. The Hall–Kier alpha value is 3.27. The normalized spacial score (nSPS) is 18.0. The molecule has 0 amide bonds. The first kappa shape index (κ1) is 13.8. The van der Waals surface area contributed by atoms with E-state index >= 15 is 0 Å². The van der Waals surface area contributed by atoms with Crippen molar-refractivity contribution in [3.8, 4) is 0 Å². The molecule has 0 saturated heterocycles. The van der Waals surface area contributed by atoms with Gasteiger partial charge in [0.05, 0.1) is 0 Å². The van der Waals surface area contributed by atoms with E-state index in [0.29, 0.717) is 0 Å². The Morgan fingerprint density at radius 2 is 0.500 bits per heavy atom. The van der Waals surface area contributed by atoms with E-state index in [1.165, 1.54) is 38.5 Å². The van der Waals surface area contributed by atoms with Gasteiger partial charge in [-0.25, -0.2) is 0 Å². The molecule has 0 nitrogen and oxygen atoms in total. The Kier molecular flexibility index (Phi) is 17.8. The summed E-state index contributed by atoms with van der Waals surface area (Å²) in [7, 11) is 0. The molecule has 1 fully saturated rings. The van der Waals surface area contributed by atoms with E-state index < -0.39 is 0 Å². The van der Waals surface area contributed by atoms with Crippen molar-refractivity contribution < 1.29 is 0 Å². The second-order valence-corrected chi connectivity index (χ2v) is 2.12. The summed E-state index contributed by atoms with van der Waals surface area (Å²) in [6.45, 7) is 0. The summed E-state index contributed by atoms with van der Waals surface area (Å²) in [6.07, 6.45) is 9.00. The Bertz CT molecular complexity index is 22.0. The quantitative estimate of drug-likeness (QED) is 0.469. The Balaban J connectivity index is 0. The van der Waals surface area contributed by atoms with Crippen LogP contribution in [0.3, 0.4) is 0 Å². The summed E-state index contributed by atoms with van der Waals surface area (Å²) in [5.41, 5.74) is 0. The molecule has 0 aromatic rings. The third kappa shape index (κ3) is 7.38. The minimum atomic E-state index is 0. The van der Waals surface area contributed by atoms with E-state index in [0.717, 1.165) is 0 Å². The van der Waals surface area contributed by atoms with Crippen molar-refractivity contribution >= 4 is 103 Å². The molecule has 0 spiro atoms. The van der Waals surface area contributed by atoms with Crippen LogP contribution in [0.1, 0.15) is 38.5 Å². The van der Waals surface area contributed by atoms with Gasteiger partial charge in [0.2, 0.25) is 0 Å². The fourth-order valence-electron chi connectivity index (χ4n) is 1.06. The second kappa shape index (κ2) is 10.3. The summed E-state index contributed by atoms with van der Waals surface area (Å²) in [5.74, 6) is 0. The molecular weight excluding hydrogens is 150 g/mol. The summed E-state index contributed by atoms with van der Waals surface area (Å²) < 4.78 is 0. The molecule has 0 heterocycles. The third-order valence-electron chi connectivity index (χ3n) is 1.50. The van der Waals surface area contributed by atoms with E-state index in [1.807, 2.05) is 0 Å².